The van der Waals surface area contributed by atoms with Gasteiger partial charge in [-0.1, -0.05) is 20.3 Å². The number of aromatic nitrogens is 4. The van der Waals surface area contributed by atoms with Gasteiger partial charge in [-0.15, -0.1) is 5.10 Å². The monoisotopic (exact) mass is 281 g/mol. The van der Waals surface area contributed by atoms with Gasteiger partial charge in [0.1, 0.15) is 5.54 Å². The minimum absolute atomic E-state index is 0.511. The van der Waals surface area contributed by atoms with E-state index in [1.807, 2.05) is 11.8 Å². The summed E-state index contributed by atoms with van der Waals surface area (Å²) < 4.78 is 1.80. The van der Waals surface area contributed by atoms with Crippen LogP contribution in [-0.2, 0) is 17.9 Å². The molecule has 7 heteroatoms. The van der Waals surface area contributed by atoms with Gasteiger partial charge in [-0.25, -0.2) is 4.68 Å². The summed E-state index contributed by atoms with van der Waals surface area (Å²) >= 11 is 0. The normalized spacial score (nSPS) is 23.3. The molecule has 1 N–H and O–H groups in total. The van der Waals surface area contributed by atoms with Crippen LogP contribution in [0.1, 0.15) is 51.8 Å². The van der Waals surface area contributed by atoms with E-state index in [2.05, 4.69) is 22.4 Å². The zero-order valence-corrected chi connectivity index (χ0v) is 12.2. The van der Waals surface area contributed by atoms with Gasteiger partial charge in [0.05, 0.1) is 6.54 Å². The second-order valence-electron chi connectivity index (χ2n) is 5.39. The Labute approximate surface area is 119 Å². The van der Waals surface area contributed by atoms with Crippen LogP contribution in [0.4, 0.5) is 0 Å². The van der Waals surface area contributed by atoms with Gasteiger partial charge in [0.25, 0.3) is 0 Å². The Bertz CT molecular complexity index is 461. The minimum Gasteiger partial charge on any atom is -0.480 e. The Morgan fingerprint density at radius 1 is 1.45 bits per heavy atom. The molecule has 7 nitrogen and oxygen atoms in total. The van der Waals surface area contributed by atoms with Crippen molar-refractivity contribution in [1.29, 1.82) is 0 Å². The van der Waals surface area contributed by atoms with Crippen LogP contribution in [0.2, 0.25) is 0 Å². The van der Waals surface area contributed by atoms with Gasteiger partial charge in [-0.3, -0.25) is 9.69 Å². The van der Waals surface area contributed by atoms with Crippen molar-refractivity contribution in [2.75, 3.05) is 6.54 Å². The number of nitrogens with zero attached hydrogens (tertiary/aromatic N) is 5. The molecule has 1 unspecified atom stereocenters. The maximum atomic E-state index is 11.7. The number of unbranched alkanes of at least 4 members (excludes halogenated alkanes) is 1. The first-order chi connectivity index (χ1) is 9.64. The lowest BCUT2D eigenvalue weighted by Crippen LogP contribution is -2.49. The number of carboxylic acids is 1. The highest BCUT2D eigenvalue weighted by Gasteiger charge is 2.46. The minimum atomic E-state index is -0.748. The molecular weight excluding hydrogens is 258 g/mol. The van der Waals surface area contributed by atoms with Crippen LogP contribution in [0.3, 0.4) is 0 Å². The molecule has 0 radical (unpaired) electrons. The van der Waals surface area contributed by atoms with Crippen LogP contribution in [0.25, 0.3) is 0 Å². The van der Waals surface area contributed by atoms with Crippen molar-refractivity contribution in [3.05, 3.63) is 5.82 Å². The van der Waals surface area contributed by atoms with Crippen LogP contribution < -0.4 is 0 Å². The van der Waals surface area contributed by atoms with Gasteiger partial charge >= 0.3 is 5.97 Å². The van der Waals surface area contributed by atoms with E-state index < -0.39 is 11.5 Å². The van der Waals surface area contributed by atoms with E-state index in [0.29, 0.717) is 19.4 Å². The molecule has 0 aliphatic carbocycles. The second-order valence-corrected chi connectivity index (χ2v) is 5.39. The summed E-state index contributed by atoms with van der Waals surface area (Å²) in [4.78, 5) is 13.7. The molecule has 1 aliphatic heterocycles. The molecule has 0 spiro atoms. The van der Waals surface area contributed by atoms with Crippen LogP contribution >= 0.6 is 0 Å². The molecule has 0 aromatic carbocycles. The highest BCUT2D eigenvalue weighted by molar-refractivity contribution is 5.79. The Morgan fingerprint density at radius 2 is 2.25 bits per heavy atom. The first-order valence-electron chi connectivity index (χ1n) is 7.37. The molecule has 112 valence electrons. The van der Waals surface area contributed by atoms with Gasteiger partial charge in [0.2, 0.25) is 0 Å². The molecule has 1 aliphatic rings. The summed E-state index contributed by atoms with van der Waals surface area (Å²) in [6.07, 6.45) is 4.33. The van der Waals surface area contributed by atoms with Crippen molar-refractivity contribution in [2.24, 2.45) is 0 Å². The SMILES string of the molecule is CCCCn1nnnc1CN1CCCC1(CC)C(=O)O. The van der Waals surface area contributed by atoms with Crippen molar-refractivity contribution in [2.45, 2.75) is 64.6 Å². The smallest absolute Gasteiger partial charge is 0.324 e. The van der Waals surface area contributed by atoms with E-state index in [9.17, 15) is 9.90 Å². The van der Waals surface area contributed by atoms with Gasteiger partial charge < -0.3 is 5.11 Å². The third-order valence-electron chi connectivity index (χ3n) is 4.27. The van der Waals surface area contributed by atoms with Crippen molar-refractivity contribution in [1.82, 2.24) is 25.1 Å². The maximum absolute atomic E-state index is 11.7. The van der Waals surface area contributed by atoms with Gasteiger partial charge in [-0.05, 0) is 42.7 Å². The van der Waals surface area contributed by atoms with Gasteiger partial charge in [0.15, 0.2) is 5.82 Å². The maximum Gasteiger partial charge on any atom is 0.324 e. The van der Waals surface area contributed by atoms with E-state index >= 15 is 0 Å². The fourth-order valence-electron chi connectivity index (χ4n) is 2.95. The van der Waals surface area contributed by atoms with E-state index in [1.54, 1.807) is 4.68 Å². The Morgan fingerprint density at radius 3 is 2.90 bits per heavy atom. The zero-order valence-electron chi connectivity index (χ0n) is 12.2. The van der Waals surface area contributed by atoms with Gasteiger partial charge in [-0.2, -0.15) is 0 Å². The summed E-state index contributed by atoms with van der Waals surface area (Å²) in [7, 11) is 0. The fourth-order valence-corrected chi connectivity index (χ4v) is 2.95. The third-order valence-corrected chi connectivity index (χ3v) is 4.27. The molecule has 20 heavy (non-hydrogen) atoms. The summed E-state index contributed by atoms with van der Waals surface area (Å²) in [5.74, 6) is 0.0320. The predicted molar refractivity (Wildman–Crippen MR) is 73.0 cm³/mol. The molecule has 0 amide bonds. The molecule has 1 saturated heterocycles. The quantitative estimate of drug-likeness (QED) is 0.811. The van der Waals surface area contributed by atoms with E-state index in [1.165, 1.54) is 0 Å². The lowest BCUT2D eigenvalue weighted by atomic mass is 9.93. The van der Waals surface area contributed by atoms with Crippen molar-refractivity contribution >= 4 is 5.97 Å². The lowest BCUT2D eigenvalue weighted by molar-refractivity contribution is -0.150. The van der Waals surface area contributed by atoms with Gasteiger partial charge in [0, 0.05) is 6.54 Å². The zero-order chi connectivity index (χ0) is 14.6. The number of hydrogen-bond acceptors (Lipinski definition) is 5. The molecule has 1 atom stereocenters. The molecule has 1 fully saturated rings. The molecular formula is C13H23N5O2. The Balaban J connectivity index is 2.13. The molecule has 1 aromatic heterocycles. The molecule has 2 rings (SSSR count). The largest absolute Gasteiger partial charge is 0.480 e. The molecule has 0 bridgehead atoms. The Hall–Kier alpha value is -1.50. The standard InChI is InChI=1S/C13H23N5O2/c1-3-5-9-18-11(14-15-16-18)10-17-8-6-7-13(17,4-2)12(19)20/h3-10H2,1-2H3,(H,19,20). The van der Waals surface area contributed by atoms with Crippen molar-refractivity contribution in [3.63, 3.8) is 0 Å². The van der Waals surface area contributed by atoms with Crippen molar-refractivity contribution in [3.8, 4) is 0 Å². The van der Waals surface area contributed by atoms with Crippen LogP contribution in [0.5, 0.6) is 0 Å². The average molecular weight is 281 g/mol. The second kappa shape index (κ2) is 6.30. The Kier molecular flexibility index (Phi) is 4.69. The molecule has 0 saturated carbocycles. The predicted octanol–water partition coefficient (Wildman–Crippen LogP) is 1.30. The third kappa shape index (κ3) is 2.67. The number of hydrogen-bond donors (Lipinski definition) is 1. The summed E-state index contributed by atoms with van der Waals surface area (Å²) in [5.41, 5.74) is -0.748. The van der Waals surface area contributed by atoms with Crippen LogP contribution in [-0.4, -0.2) is 48.3 Å². The number of carbonyl (C=O) groups is 1. The van der Waals surface area contributed by atoms with Crippen molar-refractivity contribution < 1.29 is 9.90 Å². The fraction of sp³-hybridized carbons (Fsp3) is 0.846. The highest BCUT2D eigenvalue weighted by atomic mass is 16.4. The van der Waals surface area contributed by atoms with E-state index in [0.717, 1.165) is 38.2 Å². The topological polar surface area (TPSA) is 84.1 Å². The number of rotatable bonds is 7. The summed E-state index contributed by atoms with van der Waals surface area (Å²) in [6.45, 7) is 6.15. The van der Waals surface area contributed by atoms with E-state index in [-0.39, 0.29) is 0 Å². The van der Waals surface area contributed by atoms with Crippen LogP contribution in [0.15, 0.2) is 0 Å². The average Bonchev–Trinajstić information content (AvgIpc) is 3.04. The number of tetrazole rings is 1. The van der Waals surface area contributed by atoms with Crippen LogP contribution in [0, 0.1) is 0 Å². The number of carboxylic acid groups (broad SMARTS) is 1. The highest BCUT2D eigenvalue weighted by Crippen LogP contribution is 2.33. The number of likely N-dealkylation sites (tertiary alicyclic amines) is 1. The molecule has 2 heterocycles. The molecule has 1 aromatic rings. The summed E-state index contributed by atoms with van der Waals surface area (Å²) in [6, 6.07) is 0. The summed E-state index contributed by atoms with van der Waals surface area (Å²) in [5, 5.41) is 21.4. The number of aryl methyl sites for hydroxylation is 1. The number of aliphatic carboxylic acids is 1. The first kappa shape index (κ1) is 14.9. The first-order valence-corrected chi connectivity index (χ1v) is 7.37. The lowest BCUT2D eigenvalue weighted by Gasteiger charge is -2.33. The van der Waals surface area contributed by atoms with E-state index in [4.69, 9.17) is 0 Å².